The zero-order chi connectivity index (χ0) is 16.2. The lowest BCUT2D eigenvalue weighted by Gasteiger charge is -2.35. The number of nitrogens with zero attached hydrogens (tertiary/aromatic N) is 1. The standard InChI is InChI=1S/C14H24N2O5/c1-9(2)20-11(17)8-10-12(18)15-6-7-16(10)13(19)21-14(3,4)5/h9-10H,6-8H2,1-5H3,(H,15,18)/t10-/m0/s1. The van der Waals surface area contributed by atoms with E-state index in [1.54, 1.807) is 34.6 Å². The molecule has 0 aromatic carbocycles. The fourth-order valence-electron chi connectivity index (χ4n) is 1.93. The van der Waals surface area contributed by atoms with Crippen LogP contribution >= 0.6 is 0 Å². The Labute approximate surface area is 124 Å². The second kappa shape index (κ2) is 6.78. The summed E-state index contributed by atoms with van der Waals surface area (Å²) < 4.78 is 10.3. The van der Waals surface area contributed by atoms with Gasteiger partial charge in [0.1, 0.15) is 11.6 Å². The van der Waals surface area contributed by atoms with Gasteiger partial charge in [0.05, 0.1) is 12.5 Å². The lowest BCUT2D eigenvalue weighted by Crippen LogP contribution is -2.58. The van der Waals surface area contributed by atoms with Crippen LogP contribution in [0.1, 0.15) is 41.0 Å². The van der Waals surface area contributed by atoms with Crippen LogP contribution in [-0.4, -0.2) is 53.7 Å². The average molecular weight is 300 g/mol. The van der Waals surface area contributed by atoms with E-state index in [1.165, 1.54) is 4.90 Å². The highest BCUT2D eigenvalue weighted by molar-refractivity contribution is 5.90. The molecule has 0 aromatic heterocycles. The summed E-state index contributed by atoms with van der Waals surface area (Å²) in [6, 6.07) is -0.889. The number of nitrogens with one attached hydrogen (secondary N) is 1. The van der Waals surface area contributed by atoms with E-state index in [-0.39, 0.29) is 18.4 Å². The van der Waals surface area contributed by atoms with Crippen molar-refractivity contribution in [3.8, 4) is 0 Å². The third-order valence-electron chi connectivity index (χ3n) is 2.69. The summed E-state index contributed by atoms with van der Waals surface area (Å²) >= 11 is 0. The number of esters is 1. The van der Waals surface area contributed by atoms with E-state index in [4.69, 9.17) is 9.47 Å². The van der Waals surface area contributed by atoms with E-state index in [0.29, 0.717) is 13.1 Å². The van der Waals surface area contributed by atoms with Crippen molar-refractivity contribution in [2.24, 2.45) is 0 Å². The molecule has 0 spiro atoms. The second-order valence-corrected chi connectivity index (χ2v) is 6.22. The van der Waals surface area contributed by atoms with Crippen LogP contribution in [0.15, 0.2) is 0 Å². The van der Waals surface area contributed by atoms with Gasteiger partial charge in [-0.3, -0.25) is 14.5 Å². The van der Waals surface area contributed by atoms with Crippen molar-refractivity contribution in [2.75, 3.05) is 13.1 Å². The summed E-state index contributed by atoms with van der Waals surface area (Å²) in [4.78, 5) is 37.1. The van der Waals surface area contributed by atoms with Crippen molar-refractivity contribution in [3.05, 3.63) is 0 Å². The normalized spacial score (nSPS) is 19.2. The number of piperazine rings is 1. The number of hydrogen-bond donors (Lipinski definition) is 1. The third kappa shape index (κ3) is 5.61. The first-order valence-electron chi connectivity index (χ1n) is 7.07. The SMILES string of the molecule is CC(C)OC(=O)C[C@H]1C(=O)NCCN1C(=O)OC(C)(C)C. The summed E-state index contributed by atoms with van der Waals surface area (Å²) in [5.74, 6) is -0.881. The predicted molar refractivity (Wildman–Crippen MR) is 75.6 cm³/mol. The lowest BCUT2D eigenvalue weighted by molar-refractivity contribution is -0.151. The minimum absolute atomic E-state index is 0.177. The maximum Gasteiger partial charge on any atom is 0.411 e. The maximum absolute atomic E-state index is 12.1. The topological polar surface area (TPSA) is 84.9 Å². The Morgan fingerprint density at radius 1 is 1.38 bits per heavy atom. The van der Waals surface area contributed by atoms with Crippen molar-refractivity contribution < 1.29 is 23.9 Å². The summed E-state index contributed by atoms with van der Waals surface area (Å²) in [5, 5.41) is 2.64. The van der Waals surface area contributed by atoms with Crippen molar-refractivity contribution >= 4 is 18.0 Å². The minimum atomic E-state index is -0.889. The summed E-state index contributed by atoms with van der Waals surface area (Å²) in [5.41, 5.74) is -0.659. The number of carbonyl (C=O) groups excluding carboxylic acids is 3. The van der Waals surface area contributed by atoms with Gasteiger partial charge in [-0.1, -0.05) is 0 Å². The predicted octanol–water partition coefficient (Wildman–Crippen LogP) is 1.06. The third-order valence-corrected chi connectivity index (χ3v) is 2.69. The van der Waals surface area contributed by atoms with E-state index in [0.717, 1.165) is 0 Å². The fraction of sp³-hybridized carbons (Fsp3) is 0.786. The zero-order valence-electron chi connectivity index (χ0n) is 13.3. The second-order valence-electron chi connectivity index (χ2n) is 6.22. The first-order chi connectivity index (χ1) is 9.60. The molecule has 21 heavy (non-hydrogen) atoms. The zero-order valence-corrected chi connectivity index (χ0v) is 13.3. The molecular weight excluding hydrogens is 276 g/mol. The highest BCUT2D eigenvalue weighted by Crippen LogP contribution is 2.16. The Morgan fingerprint density at radius 2 is 2.00 bits per heavy atom. The molecule has 1 saturated heterocycles. The van der Waals surface area contributed by atoms with E-state index in [9.17, 15) is 14.4 Å². The Bertz CT molecular complexity index is 414. The average Bonchev–Trinajstić information content (AvgIpc) is 2.28. The largest absolute Gasteiger partial charge is 0.463 e. The van der Waals surface area contributed by atoms with E-state index >= 15 is 0 Å². The van der Waals surface area contributed by atoms with Gasteiger partial charge in [-0.05, 0) is 34.6 Å². The highest BCUT2D eigenvalue weighted by Gasteiger charge is 2.37. The summed E-state index contributed by atoms with van der Waals surface area (Å²) in [7, 11) is 0. The number of rotatable bonds is 3. The van der Waals surface area contributed by atoms with Gasteiger partial charge in [-0.15, -0.1) is 0 Å². The molecule has 1 heterocycles. The molecule has 7 nitrogen and oxygen atoms in total. The van der Waals surface area contributed by atoms with Gasteiger partial charge in [0.15, 0.2) is 0 Å². The molecular formula is C14H24N2O5. The molecule has 1 N–H and O–H groups in total. The van der Waals surface area contributed by atoms with Crippen LogP contribution in [-0.2, 0) is 19.1 Å². The first kappa shape index (κ1) is 17.3. The van der Waals surface area contributed by atoms with Gasteiger partial charge < -0.3 is 14.8 Å². The van der Waals surface area contributed by atoms with Crippen LogP contribution in [0.3, 0.4) is 0 Å². The number of hydrogen-bond acceptors (Lipinski definition) is 5. The van der Waals surface area contributed by atoms with Gasteiger partial charge in [-0.2, -0.15) is 0 Å². The van der Waals surface area contributed by atoms with Gasteiger partial charge in [0.2, 0.25) is 5.91 Å². The molecule has 0 unspecified atom stereocenters. The van der Waals surface area contributed by atoms with Crippen molar-refractivity contribution in [3.63, 3.8) is 0 Å². The van der Waals surface area contributed by atoms with Crippen molar-refractivity contribution in [1.82, 2.24) is 10.2 Å². The molecule has 0 aliphatic carbocycles. The molecule has 1 atom stereocenters. The molecule has 0 aromatic rings. The number of amides is 2. The maximum atomic E-state index is 12.1. The van der Waals surface area contributed by atoms with Gasteiger partial charge in [-0.25, -0.2) is 4.79 Å². The Hall–Kier alpha value is -1.79. The van der Waals surface area contributed by atoms with Crippen molar-refractivity contribution in [1.29, 1.82) is 0 Å². The fourth-order valence-corrected chi connectivity index (χ4v) is 1.93. The van der Waals surface area contributed by atoms with E-state index in [2.05, 4.69) is 5.32 Å². The van der Waals surface area contributed by atoms with Crippen LogP contribution < -0.4 is 5.32 Å². The number of ether oxygens (including phenoxy) is 2. The Balaban J connectivity index is 2.77. The molecule has 0 radical (unpaired) electrons. The van der Waals surface area contributed by atoms with Gasteiger partial charge in [0.25, 0.3) is 0 Å². The van der Waals surface area contributed by atoms with Gasteiger partial charge in [0, 0.05) is 13.1 Å². The van der Waals surface area contributed by atoms with E-state index in [1.807, 2.05) is 0 Å². The van der Waals surface area contributed by atoms with Gasteiger partial charge >= 0.3 is 12.1 Å². The quantitative estimate of drug-likeness (QED) is 0.788. The monoisotopic (exact) mass is 300 g/mol. The summed E-state index contributed by atoms with van der Waals surface area (Å²) in [6.45, 7) is 9.34. The van der Waals surface area contributed by atoms with Crippen LogP contribution in [0.25, 0.3) is 0 Å². The molecule has 1 aliphatic heterocycles. The van der Waals surface area contributed by atoms with Crippen LogP contribution in [0.4, 0.5) is 4.79 Å². The van der Waals surface area contributed by atoms with Crippen molar-refractivity contribution in [2.45, 2.75) is 58.8 Å². The lowest BCUT2D eigenvalue weighted by atomic mass is 10.1. The number of carbonyl (C=O) groups is 3. The van der Waals surface area contributed by atoms with E-state index < -0.39 is 23.7 Å². The van der Waals surface area contributed by atoms with Crippen LogP contribution in [0.5, 0.6) is 0 Å². The Kier molecular flexibility index (Phi) is 5.57. The molecule has 0 bridgehead atoms. The smallest absolute Gasteiger partial charge is 0.411 e. The van der Waals surface area contributed by atoms with Crippen LogP contribution in [0.2, 0.25) is 0 Å². The molecule has 120 valence electrons. The molecule has 1 aliphatic rings. The molecule has 1 rings (SSSR count). The molecule has 2 amide bonds. The first-order valence-corrected chi connectivity index (χ1v) is 7.07. The molecule has 7 heteroatoms. The highest BCUT2D eigenvalue weighted by atomic mass is 16.6. The molecule has 1 fully saturated rings. The van der Waals surface area contributed by atoms with Crippen LogP contribution in [0, 0.1) is 0 Å². The Morgan fingerprint density at radius 3 is 2.52 bits per heavy atom. The molecule has 0 saturated carbocycles. The summed E-state index contributed by atoms with van der Waals surface area (Å²) in [6.07, 6.45) is -1.04. The minimum Gasteiger partial charge on any atom is -0.463 e.